The molecular weight excluding hydrogens is 192 g/mol. The van der Waals surface area contributed by atoms with Crippen molar-refractivity contribution in [1.29, 1.82) is 0 Å². The Hall–Kier alpha value is -1.12. The fourth-order valence-electron chi connectivity index (χ4n) is 1.19. The smallest absolute Gasteiger partial charge is 0.333 e. The molecule has 0 aromatic heterocycles. The second-order valence-electron chi connectivity index (χ2n) is 3.69. The minimum absolute atomic E-state index is 0.249. The van der Waals surface area contributed by atoms with Gasteiger partial charge < -0.3 is 9.53 Å². The van der Waals surface area contributed by atoms with Crippen LogP contribution in [0.2, 0.25) is 0 Å². The van der Waals surface area contributed by atoms with Gasteiger partial charge in [-0.2, -0.15) is 0 Å². The third-order valence-electron chi connectivity index (χ3n) is 2.21. The largest absolute Gasteiger partial charge is 0.463 e. The second kappa shape index (κ2) is 8.21. The Bertz CT molecular complexity index is 231. The lowest BCUT2D eigenvalue weighted by atomic mass is 10.0. The van der Waals surface area contributed by atoms with Gasteiger partial charge in [0.2, 0.25) is 0 Å². The van der Waals surface area contributed by atoms with Crippen LogP contribution in [-0.4, -0.2) is 18.9 Å². The van der Waals surface area contributed by atoms with Crippen molar-refractivity contribution in [3.8, 4) is 0 Å². The van der Waals surface area contributed by atoms with E-state index in [9.17, 15) is 9.59 Å². The predicted octanol–water partition coefficient (Wildman–Crippen LogP) is 2.50. The predicted molar refractivity (Wildman–Crippen MR) is 59.5 cm³/mol. The molecule has 0 amide bonds. The molecule has 0 aliphatic heterocycles. The highest BCUT2D eigenvalue weighted by molar-refractivity contribution is 5.87. The average Bonchev–Trinajstić information content (AvgIpc) is 2.18. The maximum atomic E-state index is 11.2. The van der Waals surface area contributed by atoms with Crippen molar-refractivity contribution < 1.29 is 14.3 Å². The molecule has 86 valence electrons. The van der Waals surface area contributed by atoms with Gasteiger partial charge in [0.15, 0.2) is 0 Å². The molecule has 0 aliphatic rings. The van der Waals surface area contributed by atoms with E-state index in [2.05, 4.69) is 0 Å². The van der Waals surface area contributed by atoms with Gasteiger partial charge in [-0.3, -0.25) is 0 Å². The zero-order chi connectivity index (χ0) is 11.7. The zero-order valence-electron chi connectivity index (χ0n) is 9.79. The quantitative estimate of drug-likeness (QED) is 0.370. The molecule has 3 heteroatoms. The van der Waals surface area contributed by atoms with Gasteiger partial charge in [-0.05, 0) is 32.6 Å². The van der Waals surface area contributed by atoms with Crippen molar-refractivity contribution in [2.24, 2.45) is 5.92 Å². The van der Waals surface area contributed by atoms with E-state index in [1.807, 2.05) is 13.0 Å². The molecule has 15 heavy (non-hydrogen) atoms. The Kier molecular flexibility index (Phi) is 7.60. The van der Waals surface area contributed by atoms with Crippen LogP contribution in [0, 0.1) is 5.92 Å². The van der Waals surface area contributed by atoms with Gasteiger partial charge in [0, 0.05) is 12.0 Å². The van der Waals surface area contributed by atoms with Gasteiger partial charge in [-0.15, -0.1) is 0 Å². The van der Waals surface area contributed by atoms with E-state index in [-0.39, 0.29) is 5.97 Å². The van der Waals surface area contributed by atoms with E-state index in [1.165, 1.54) is 0 Å². The van der Waals surface area contributed by atoms with E-state index in [0.29, 0.717) is 24.5 Å². The molecule has 0 aromatic carbocycles. The van der Waals surface area contributed by atoms with Crippen LogP contribution in [0.5, 0.6) is 0 Å². The highest BCUT2D eigenvalue weighted by Crippen LogP contribution is 2.10. The summed E-state index contributed by atoms with van der Waals surface area (Å²) in [5.41, 5.74) is 0.648. The molecule has 0 aliphatic carbocycles. The fraction of sp³-hybridized carbons (Fsp3) is 0.667. The summed E-state index contributed by atoms with van der Waals surface area (Å²) < 4.78 is 4.85. The Morgan fingerprint density at radius 2 is 2.13 bits per heavy atom. The van der Waals surface area contributed by atoms with Gasteiger partial charge in [0.25, 0.3) is 0 Å². The third kappa shape index (κ3) is 6.89. The standard InChI is InChI=1S/C12H20O3/c1-4-15-12(14)11(3)7-5-6-10(2)8-9-13/h7,9-10H,4-6,8H2,1-3H3/b11-7+/t10-/m1/s1. The van der Waals surface area contributed by atoms with Crippen LogP contribution in [-0.2, 0) is 14.3 Å². The molecular formula is C12H20O3. The van der Waals surface area contributed by atoms with E-state index in [0.717, 1.165) is 19.1 Å². The van der Waals surface area contributed by atoms with Crippen molar-refractivity contribution in [2.45, 2.75) is 40.0 Å². The normalized spacial score (nSPS) is 13.4. The van der Waals surface area contributed by atoms with Crippen molar-refractivity contribution >= 4 is 12.3 Å². The van der Waals surface area contributed by atoms with Gasteiger partial charge in [-0.1, -0.05) is 13.0 Å². The maximum absolute atomic E-state index is 11.2. The summed E-state index contributed by atoms with van der Waals surface area (Å²) in [6.45, 7) is 5.98. The molecule has 0 N–H and O–H groups in total. The summed E-state index contributed by atoms with van der Waals surface area (Å²) in [4.78, 5) is 21.4. The highest BCUT2D eigenvalue weighted by Gasteiger charge is 2.04. The first-order valence-electron chi connectivity index (χ1n) is 5.39. The Morgan fingerprint density at radius 1 is 1.47 bits per heavy atom. The molecule has 1 atom stereocenters. The summed E-state index contributed by atoms with van der Waals surface area (Å²) in [7, 11) is 0. The first kappa shape index (κ1) is 13.9. The van der Waals surface area contributed by atoms with Gasteiger partial charge in [0.1, 0.15) is 6.29 Å². The summed E-state index contributed by atoms with van der Waals surface area (Å²) >= 11 is 0. The molecule has 0 saturated heterocycles. The number of esters is 1. The third-order valence-corrected chi connectivity index (χ3v) is 2.21. The molecule has 0 aromatic rings. The monoisotopic (exact) mass is 212 g/mol. The number of carbonyl (C=O) groups is 2. The molecule has 0 radical (unpaired) electrons. The lowest BCUT2D eigenvalue weighted by Crippen LogP contribution is -2.05. The summed E-state index contributed by atoms with van der Waals surface area (Å²) in [6.07, 6.45) is 5.15. The lowest BCUT2D eigenvalue weighted by Gasteiger charge is -2.05. The van der Waals surface area contributed by atoms with Crippen molar-refractivity contribution in [3.63, 3.8) is 0 Å². The van der Waals surface area contributed by atoms with Crippen molar-refractivity contribution in [1.82, 2.24) is 0 Å². The second-order valence-corrected chi connectivity index (χ2v) is 3.69. The van der Waals surface area contributed by atoms with Crippen LogP contribution in [0.4, 0.5) is 0 Å². The van der Waals surface area contributed by atoms with E-state index < -0.39 is 0 Å². The van der Waals surface area contributed by atoms with Crippen LogP contribution >= 0.6 is 0 Å². The number of hydrogen-bond acceptors (Lipinski definition) is 3. The number of aldehydes is 1. The van der Waals surface area contributed by atoms with E-state index >= 15 is 0 Å². The molecule has 0 rings (SSSR count). The molecule has 3 nitrogen and oxygen atoms in total. The number of allylic oxidation sites excluding steroid dienone is 1. The maximum Gasteiger partial charge on any atom is 0.333 e. The van der Waals surface area contributed by atoms with Crippen molar-refractivity contribution in [2.75, 3.05) is 6.61 Å². The first-order valence-corrected chi connectivity index (χ1v) is 5.39. The summed E-state index contributed by atoms with van der Waals surface area (Å²) in [6, 6.07) is 0. The Labute approximate surface area is 91.5 Å². The van der Waals surface area contributed by atoms with Gasteiger partial charge in [-0.25, -0.2) is 4.79 Å². The van der Waals surface area contributed by atoms with Gasteiger partial charge in [0.05, 0.1) is 6.61 Å². The number of ether oxygens (including phenoxy) is 1. The molecule has 0 unspecified atom stereocenters. The average molecular weight is 212 g/mol. The van der Waals surface area contributed by atoms with Crippen LogP contribution in [0.1, 0.15) is 40.0 Å². The minimum atomic E-state index is -0.249. The van der Waals surface area contributed by atoms with E-state index in [4.69, 9.17) is 4.74 Å². The van der Waals surface area contributed by atoms with Crippen LogP contribution in [0.3, 0.4) is 0 Å². The number of hydrogen-bond donors (Lipinski definition) is 0. The van der Waals surface area contributed by atoms with Crippen molar-refractivity contribution in [3.05, 3.63) is 11.6 Å². The fourth-order valence-corrected chi connectivity index (χ4v) is 1.19. The molecule has 0 spiro atoms. The highest BCUT2D eigenvalue weighted by atomic mass is 16.5. The molecule has 0 saturated carbocycles. The number of carbonyl (C=O) groups excluding carboxylic acids is 2. The lowest BCUT2D eigenvalue weighted by molar-refractivity contribution is -0.138. The zero-order valence-corrected chi connectivity index (χ0v) is 9.79. The Morgan fingerprint density at radius 3 is 2.67 bits per heavy atom. The SMILES string of the molecule is CCOC(=O)/C(C)=C/CC[C@@H](C)CC=O. The first-order chi connectivity index (χ1) is 7.11. The topological polar surface area (TPSA) is 43.4 Å². The summed E-state index contributed by atoms with van der Waals surface area (Å²) in [5, 5.41) is 0. The van der Waals surface area contributed by atoms with E-state index in [1.54, 1.807) is 13.8 Å². The molecule has 0 fully saturated rings. The van der Waals surface area contributed by atoms with Crippen LogP contribution in [0.15, 0.2) is 11.6 Å². The Balaban J connectivity index is 3.84. The number of rotatable bonds is 7. The van der Waals surface area contributed by atoms with Gasteiger partial charge >= 0.3 is 5.97 Å². The van der Waals surface area contributed by atoms with Crippen LogP contribution in [0.25, 0.3) is 0 Å². The van der Waals surface area contributed by atoms with Crippen LogP contribution < -0.4 is 0 Å². The summed E-state index contributed by atoms with van der Waals surface area (Å²) in [5.74, 6) is 0.134. The minimum Gasteiger partial charge on any atom is -0.463 e. The molecule has 0 heterocycles. The molecule has 0 bridgehead atoms.